The fourth-order valence-electron chi connectivity index (χ4n) is 2.79. The Bertz CT molecular complexity index is 868. The molecule has 0 aromatic carbocycles. The van der Waals surface area contributed by atoms with Gasteiger partial charge < -0.3 is 10.6 Å². The van der Waals surface area contributed by atoms with Crippen LogP contribution in [0.3, 0.4) is 0 Å². The maximum atomic E-state index is 4.52. The van der Waals surface area contributed by atoms with Crippen molar-refractivity contribution in [3.63, 3.8) is 0 Å². The Labute approximate surface area is 182 Å². The van der Waals surface area contributed by atoms with Gasteiger partial charge in [-0.1, -0.05) is 6.07 Å². The number of hydrogen-bond acceptors (Lipinski definition) is 4. The van der Waals surface area contributed by atoms with E-state index in [1.165, 1.54) is 0 Å². The first-order valence-corrected chi connectivity index (χ1v) is 9.06. The summed E-state index contributed by atoms with van der Waals surface area (Å²) in [5.41, 5.74) is 3.15. The van der Waals surface area contributed by atoms with Gasteiger partial charge in [-0.15, -0.1) is 24.0 Å². The van der Waals surface area contributed by atoms with E-state index in [-0.39, 0.29) is 24.0 Å². The minimum atomic E-state index is 0. The molecule has 3 heterocycles. The summed E-state index contributed by atoms with van der Waals surface area (Å²) in [6.45, 7) is 6.38. The number of aromatic nitrogens is 5. The summed E-state index contributed by atoms with van der Waals surface area (Å²) in [6.07, 6.45) is 6.60. The van der Waals surface area contributed by atoms with E-state index in [0.717, 1.165) is 48.2 Å². The number of nitrogens with one attached hydrogen (secondary N) is 2. The SMILES string of the molecule is CN=C(NCCCn1cccn1)NCc1ccc(-n2nc(C)cc2C)nc1.I. The summed E-state index contributed by atoms with van der Waals surface area (Å²) < 4.78 is 3.78. The number of guanidine groups is 1. The number of nitrogens with zero attached hydrogens (tertiary/aromatic N) is 6. The van der Waals surface area contributed by atoms with Crippen LogP contribution < -0.4 is 10.6 Å². The van der Waals surface area contributed by atoms with E-state index in [1.807, 2.05) is 53.8 Å². The maximum absolute atomic E-state index is 4.52. The highest BCUT2D eigenvalue weighted by Gasteiger charge is 2.05. The Morgan fingerprint density at radius 2 is 2.07 bits per heavy atom. The Kier molecular flexibility index (Phi) is 8.42. The van der Waals surface area contributed by atoms with Crippen LogP contribution in [0.1, 0.15) is 23.4 Å². The normalized spacial score (nSPS) is 11.2. The van der Waals surface area contributed by atoms with Crippen molar-refractivity contribution < 1.29 is 0 Å². The van der Waals surface area contributed by atoms with Crippen LogP contribution in [0, 0.1) is 13.8 Å². The fraction of sp³-hybridized carbons (Fsp3) is 0.368. The third-order valence-corrected chi connectivity index (χ3v) is 4.13. The lowest BCUT2D eigenvalue weighted by Gasteiger charge is -2.12. The Balaban J connectivity index is 0.00000280. The Hall–Kier alpha value is -2.43. The van der Waals surface area contributed by atoms with Crippen LogP contribution >= 0.6 is 24.0 Å². The summed E-state index contributed by atoms with van der Waals surface area (Å²) in [5.74, 6) is 1.60. The van der Waals surface area contributed by atoms with E-state index in [4.69, 9.17) is 0 Å². The summed E-state index contributed by atoms with van der Waals surface area (Å²) in [6, 6.07) is 8.01. The lowest BCUT2D eigenvalue weighted by molar-refractivity contribution is 0.570. The second kappa shape index (κ2) is 10.8. The molecule has 0 aliphatic carbocycles. The molecule has 3 aromatic heterocycles. The molecule has 0 saturated heterocycles. The van der Waals surface area contributed by atoms with Gasteiger partial charge in [-0.25, -0.2) is 9.67 Å². The fourth-order valence-corrected chi connectivity index (χ4v) is 2.79. The molecule has 0 unspecified atom stereocenters. The molecule has 0 amide bonds. The van der Waals surface area contributed by atoms with Crippen molar-refractivity contribution in [2.45, 2.75) is 33.4 Å². The lowest BCUT2D eigenvalue weighted by atomic mass is 10.3. The second-order valence-corrected chi connectivity index (χ2v) is 6.34. The first-order valence-electron chi connectivity index (χ1n) is 9.06. The highest BCUT2D eigenvalue weighted by molar-refractivity contribution is 14.0. The summed E-state index contributed by atoms with van der Waals surface area (Å²) >= 11 is 0. The zero-order chi connectivity index (χ0) is 19.1. The van der Waals surface area contributed by atoms with Crippen LogP contribution in [-0.4, -0.2) is 44.1 Å². The predicted molar refractivity (Wildman–Crippen MR) is 121 cm³/mol. The number of pyridine rings is 1. The van der Waals surface area contributed by atoms with Crippen molar-refractivity contribution >= 4 is 29.9 Å². The van der Waals surface area contributed by atoms with Crippen molar-refractivity contribution in [2.24, 2.45) is 4.99 Å². The molecule has 8 nitrogen and oxygen atoms in total. The van der Waals surface area contributed by atoms with Gasteiger partial charge in [0.05, 0.1) is 5.69 Å². The molecular formula is C19H27IN8. The van der Waals surface area contributed by atoms with E-state index in [9.17, 15) is 0 Å². The minimum Gasteiger partial charge on any atom is -0.356 e. The van der Waals surface area contributed by atoms with Gasteiger partial charge in [-0.3, -0.25) is 9.67 Å². The van der Waals surface area contributed by atoms with Crippen LogP contribution in [0.5, 0.6) is 0 Å². The highest BCUT2D eigenvalue weighted by atomic mass is 127. The van der Waals surface area contributed by atoms with Crippen LogP contribution in [0.4, 0.5) is 0 Å². The lowest BCUT2D eigenvalue weighted by Crippen LogP contribution is -2.37. The molecule has 0 aliphatic heterocycles. The number of rotatable bonds is 7. The largest absolute Gasteiger partial charge is 0.356 e. The molecule has 0 saturated carbocycles. The van der Waals surface area contributed by atoms with E-state index in [1.54, 1.807) is 13.2 Å². The van der Waals surface area contributed by atoms with Crippen LogP contribution in [0.25, 0.3) is 5.82 Å². The molecule has 0 spiro atoms. The third kappa shape index (κ3) is 6.04. The van der Waals surface area contributed by atoms with E-state index < -0.39 is 0 Å². The Morgan fingerprint density at radius 3 is 2.68 bits per heavy atom. The third-order valence-electron chi connectivity index (χ3n) is 4.13. The van der Waals surface area contributed by atoms with E-state index >= 15 is 0 Å². The minimum absolute atomic E-state index is 0. The van der Waals surface area contributed by atoms with Crippen molar-refractivity contribution in [1.82, 2.24) is 35.2 Å². The molecule has 0 radical (unpaired) electrons. The maximum Gasteiger partial charge on any atom is 0.191 e. The molecule has 150 valence electrons. The molecule has 9 heteroatoms. The standard InChI is InChI=1S/C19H26N8.HI/c1-15-12-16(2)27(25-15)18-7-6-17(13-22-18)14-23-19(20-3)21-8-4-10-26-11-5-9-24-26;/h5-7,9,11-13H,4,8,10,14H2,1-3H3,(H2,20,21,23);1H. The summed E-state index contributed by atoms with van der Waals surface area (Å²) in [4.78, 5) is 8.78. The zero-order valence-corrected chi connectivity index (χ0v) is 18.8. The second-order valence-electron chi connectivity index (χ2n) is 6.34. The smallest absolute Gasteiger partial charge is 0.191 e. The molecule has 0 fully saturated rings. The first kappa shape index (κ1) is 21.9. The van der Waals surface area contributed by atoms with Crippen molar-refractivity contribution in [3.8, 4) is 5.82 Å². The van der Waals surface area contributed by atoms with Gasteiger partial charge in [0.15, 0.2) is 11.8 Å². The van der Waals surface area contributed by atoms with Crippen molar-refractivity contribution in [2.75, 3.05) is 13.6 Å². The summed E-state index contributed by atoms with van der Waals surface area (Å²) in [5, 5.41) is 15.3. The van der Waals surface area contributed by atoms with Gasteiger partial charge in [-0.2, -0.15) is 10.2 Å². The van der Waals surface area contributed by atoms with Crippen molar-refractivity contribution in [3.05, 3.63) is 59.8 Å². The first-order chi connectivity index (χ1) is 13.2. The van der Waals surface area contributed by atoms with Crippen LogP contribution in [0.2, 0.25) is 0 Å². The zero-order valence-electron chi connectivity index (χ0n) is 16.5. The van der Waals surface area contributed by atoms with Gasteiger partial charge in [0, 0.05) is 51.0 Å². The number of hydrogen-bond donors (Lipinski definition) is 2. The van der Waals surface area contributed by atoms with E-state index in [2.05, 4.69) is 36.9 Å². The molecule has 0 atom stereocenters. The van der Waals surface area contributed by atoms with Gasteiger partial charge in [-0.05, 0) is 44.0 Å². The van der Waals surface area contributed by atoms with Gasteiger partial charge in [0.25, 0.3) is 0 Å². The molecular weight excluding hydrogens is 467 g/mol. The van der Waals surface area contributed by atoms with E-state index in [0.29, 0.717) is 6.54 Å². The molecule has 28 heavy (non-hydrogen) atoms. The van der Waals surface area contributed by atoms with Crippen molar-refractivity contribution in [1.29, 1.82) is 0 Å². The average molecular weight is 494 g/mol. The number of aliphatic imine (C=N–C) groups is 1. The summed E-state index contributed by atoms with van der Waals surface area (Å²) in [7, 11) is 1.77. The molecule has 0 aliphatic rings. The van der Waals surface area contributed by atoms with Gasteiger partial charge >= 0.3 is 0 Å². The molecule has 2 N–H and O–H groups in total. The Morgan fingerprint density at radius 1 is 1.21 bits per heavy atom. The van der Waals surface area contributed by atoms with Crippen LogP contribution in [0.15, 0.2) is 47.8 Å². The van der Waals surface area contributed by atoms with Gasteiger partial charge in [0.1, 0.15) is 0 Å². The predicted octanol–water partition coefficient (Wildman–Crippen LogP) is 2.45. The van der Waals surface area contributed by atoms with Crippen LogP contribution in [-0.2, 0) is 13.1 Å². The quantitative estimate of drug-likeness (QED) is 0.228. The topological polar surface area (TPSA) is 85.0 Å². The number of aryl methyl sites for hydroxylation is 3. The molecule has 3 aromatic rings. The highest BCUT2D eigenvalue weighted by Crippen LogP contribution is 2.10. The van der Waals surface area contributed by atoms with Gasteiger partial charge in [0.2, 0.25) is 0 Å². The monoisotopic (exact) mass is 494 g/mol. The number of halogens is 1. The average Bonchev–Trinajstić information content (AvgIpc) is 3.31. The molecule has 3 rings (SSSR count). The molecule has 0 bridgehead atoms.